The van der Waals surface area contributed by atoms with E-state index in [1.54, 1.807) is 44.2 Å². The topological polar surface area (TPSA) is 90.9 Å². The fourth-order valence-corrected chi connectivity index (χ4v) is 3.07. The minimum atomic E-state index is -0.870. The predicted molar refractivity (Wildman–Crippen MR) is 110 cm³/mol. The molecule has 3 rings (SSSR count). The lowest BCUT2D eigenvalue weighted by Crippen LogP contribution is -2.45. The second-order valence-electron chi connectivity index (χ2n) is 7.40. The van der Waals surface area contributed by atoms with Crippen molar-refractivity contribution in [2.45, 2.75) is 26.8 Å². The van der Waals surface area contributed by atoms with Gasteiger partial charge in [-0.15, -0.1) is 0 Å². The molecule has 0 spiro atoms. The summed E-state index contributed by atoms with van der Waals surface area (Å²) in [6, 6.07) is 11.1. The summed E-state index contributed by atoms with van der Waals surface area (Å²) in [5.41, 5.74) is 1.65. The second-order valence-corrected chi connectivity index (χ2v) is 7.40. The number of carbonyl (C=O) groups is 3. The molecule has 0 fully saturated rings. The van der Waals surface area contributed by atoms with Gasteiger partial charge in [0.1, 0.15) is 19.3 Å². The quantitative estimate of drug-likeness (QED) is 0.556. The Bertz CT molecular complexity index is 952. The number of carbonyl (C=O) groups excluding carboxylic acids is 3. The molecular formula is C23H25NO6. The molecule has 1 N–H and O–H groups in total. The van der Waals surface area contributed by atoms with E-state index in [-0.39, 0.29) is 17.6 Å². The van der Waals surface area contributed by atoms with Crippen LogP contribution in [0.1, 0.15) is 40.1 Å². The zero-order chi connectivity index (χ0) is 21.7. The number of esters is 1. The van der Waals surface area contributed by atoms with Crippen molar-refractivity contribution in [2.24, 2.45) is 5.92 Å². The van der Waals surface area contributed by atoms with Crippen LogP contribution in [0, 0.1) is 12.8 Å². The Hall–Kier alpha value is -3.35. The number of ether oxygens (including phenoxy) is 3. The average Bonchev–Trinajstić information content (AvgIpc) is 2.75. The zero-order valence-corrected chi connectivity index (χ0v) is 17.3. The van der Waals surface area contributed by atoms with Crippen molar-refractivity contribution in [3.05, 3.63) is 59.2 Å². The van der Waals surface area contributed by atoms with Crippen LogP contribution in [0.4, 0.5) is 0 Å². The van der Waals surface area contributed by atoms with E-state index in [0.717, 1.165) is 5.56 Å². The van der Waals surface area contributed by atoms with Crippen LogP contribution >= 0.6 is 0 Å². The van der Waals surface area contributed by atoms with E-state index in [2.05, 4.69) is 5.32 Å². The van der Waals surface area contributed by atoms with Gasteiger partial charge in [-0.2, -0.15) is 0 Å². The molecule has 0 unspecified atom stereocenters. The van der Waals surface area contributed by atoms with Gasteiger partial charge in [-0.1, -0.05) is 32.0 Å². The van der Waals surface area contributed by atoms with Crippen LogP contribution in [0.5, 0.6) is 11.5 Å². The number of ketones is 1. The number of hydrogen-bond acceptors (Lipinski definition) is 6. The Balaban J connectivity index is 1.62. The minimum absolute atomic E-state index is 0.213. The number of Topliss-reactive ketones (excluding diaryl/α,β-unsaturated/α-hetero) is 1. The molecule has 2 aromatic rings. The van der Waals surface area contributed by atoms with Crippen molar-refractivity contribution < 1.29 is 28.6 Å². The number of amides is 1. The summed E-state index contributed by atoms with van der Waals surface area (Å²) in [6.07, 6.45) is 0. The van der Waals surface area contributed by atoms with Gasteiger partial charge >= 0.3 is 5.97 Å². The largest absolute Gasteiger partial charge is 0.486 e. The number of aryl methyl sites for hydroxylation is 1. The van der Waals surface area contributed by atoms with Crippen LogP contribution in [0.15, 0.2) is 42.5 Å². The predicted octanol–water partition coefficient (Wildman–Crippen LogP) is 2.95. The highest BCUT2D eigenvalue weighted by Crippen LogP contribution is 2.30. The maximum atomic E-state index is 12.6. The zero-order valence-electron chi connectivity index (χ0n) is 17.3. The first-order valence-corrected chi connectivity index (χ1v) is 9.83. The van der Waals surface area contributed by atoms with Gasteiger partial charge in [0.2, 0.25) is 0 Å². The molecular weight excluding hydrogens is 386 g/mol. The second kappa shape index (κ2) is 9.43. The molecule has 0 aliphatic carbocycles. The van der Waals surface area contributed by atoms with E-state index >= 15 is 0 Å². The highest BCUT2D eigenvalue weighted by molar-refractivity contribution is 6.00. The molecule has 1 atom stereocenters. The molecule has 1 heterocycles. The van der Waals surface area contributed by atoms with E-state index in [4.69, 9.17) is 14.2 Å². The van der Waals surface area contributed by atoms with Gasteiger partial charge in [0.15, 0.2) is 23.9 Å². The standard InChI is InChI=1S/C23H25NO6/c1-14(2)21(24-22(26)17-7-5-4-6-15(17)3)23(27)30-13-18(25)16-8-9-19-20(12-16)29-11-10-28-19/h4-9,12,14,21H,10-11,13H2,1-3H3,(H,24,26)/t21-/m0/s1. The Labute approximate surface area is 175 Å². The van der Waals surface area contributed by atoms with Crippen molar-refractivity contribution in [2.75, 3.05) is 19.8 Å². The molecule has 1 aliphatic heterocycles. The van der Waals surface area contributed by atoms with E-state index in [1.807, 2.05) is 19.1 Å². The normalized spacial score (nSPS) is 13.5. The van der Waals surface area contributed by atoms with Gasteiger partial charge in [0, 0.05) is 11.1 Å². The average molecular weight is 411 g/mol. The first-order chi connectivity index (χ1) is 14.4. The number of fused-ring (bicyclic) bond motifs is 1. The molecule has 7 heteroatoms. The lowest BCUT2D eigenvalue weighted by molar-refractivity contribution is -0.145. The van der Waals surface area contributed by atoms with E-state index < -0.39 is 18.6 Å². The van der Waals surface area contributed by atoms with Crippen molar-refractivity contribution in [3.8, 4) is 11.5 Å². The molecule has 2 aromatic carbocycles. The molecule has 1 aliphatic rings. The molecule has 0 aromatic heterocycles. The molecule has 30 heavy (non-hydrogen) atoms. The van der Waals surface area contributed by atoms with E-state index in [9.17, 15) is 14.4 Å². The molecule has 0 radical (unpaired) electrons. The van der Waals surface area contributed by atoms with Crippen LogP contribution in [0.2, 0.25) is 0 Å². The molecule has 158 valence electrons. The van der Waals surface area contributed by atoms with Gasteiger partial charge in [-0.25, -0.2) is 4.79 Å². The molecule has 0 saturated heterocycles. The van der Waals surface area contributed by atoms with Crippen molar-refractivity contribution in [1.29, 1.82) is 0 Å². The number of nitrogens with one attached hydrogen (secondary N) is 1. The Morgan fingerprint density at radius 2 is 1.73 bits per heavy atom. The first kappa shape index (κ1) is 21.4. The summed E-state index contributed by atoms with van der Waals surface area (Å²) in [5, 5.41) is 2.72. The molecule has 7 nitrogen and oxygen atoms in total. The highest BCUT2D eigenvalue weighted by atomic mass is 16.6. The van der Waals surface area contributed by atoms with E-state index in [0.29, 0.717) is 35.8 Å². The Morgan fingerprint density at radius 1 is 1.03 bits per heavy atom. The van der Waals surface area contributed by atoms with Gasteiger partial charge in [0.05, 0.1) is 0 Å². The molecule has 1 amide bonds. The summed E-state index contributed by atoms with van der Waals surface area (Å²) in [5.74, 6) is -0.528. The van der Waals surface area contributed by atoms with Crippen LogP contribution in [0.25, 0.3) is 0 Å². The van der Waals surface area contributed by atoms with Crippen molar-refractivity contribution in [1.82, 2.24) is 5.32 Å². The smallest absolute Gasteiger partial charge is 0.329 e. The molecule has 0 bridgehead atoms. The summed E-state index contributed by atoms with van der Waals surface area (Å²) in [6.45, 7) is 5.87. The van der Waals surface area contributed by atoms with Crippen molar-refractivity contribution >= 4 is 17.7 Å². The van der Waals surface area contributed by atoms with Crippen molar-refractivity contribution in [3.63, 3.8) is 0 Å². The number of benzene rings is 2. The van der Waals surface area contributed by atoms with E-state index in [1.165, 1.54) is 0 Å². The highest BCUT2D eigenvalue weighted by Gasteiger charge is 2.27. The fraction of sp³-hybridized carbons (Fsp3) is 0.348. The lowest BCUT2D eigenvalue weighted by atomic mass is 10.0. The third-order valence-corrected chi connectivity index (χ3v) is 4.81. The Morgan fingerprint density at radius 3 is 2.43 bits per heavy atom. The number of rotatable bonds is 7. The first-order valence-electron chi connectivity index (χ1n) is 9.83. The monoisotopic (exact) mass is 411 g/mol. The number of hydrogen-bond donors (Lipinski definition) is 1. The maximum Gasteiger partial charge on any atom is 0.329 e. The Kier molecular flexibility index (Phi) is 6.72. The SMILES string of the molecule is Cc1ccccc1C(=O)N[C@H](C(=O)OCC(=O)c1ccc2c(c1)OCCO2)C(C)C. The van der Waals surface area contributed by atoms with Crippen LogP contribution in [-0.2, 0) is 9.53 Å². The summed E-state index contributed by atoms with van der Waals surface area (Å²) in [7, 11) is 0. The van der Waals surface area contributed by atoms with Crippen LogP contribution in [0.3, 0.4) is 0 Å². The van der Waals surface area contributed by atoms with Gasteiger partial charge in [0.25, 0.3) is 5.91 Å². The lowest BCUT2D eigenvalue weighted by Gasteiger charge is -2.21. The molecule has 0 saturated carbocycles. The van der Waals surface area contributed by atoms with Gasteiger partial charge in [-0.3, -0.25) is 9.59 Å². The third kappa shape index (κ3) is 4.97. The van der Waals surface area contributed by atoms with Gasteiger partial charge < -0.3 is 19.5 Å². The maximum absolute atomic E-state index is 12.6. The fourth-order valence-electron chi connectivity index (χ4n) is 3.07. The summed E-state index contributed by atoms with van der Waals surface area (Å²) < 4.78 is 16.1. The summed E-state index contributed by atoms with van der Waals surface area (Å²) in [4.78, 5) is 37.6. The third-order valence-electron chi connectivity index (χ3n) is 4.81. The van der Waals surface area contributed by atoms with Gasteiger partial charge in [-0.05, 0) is 42.7 Å². The summed E-state index contributed by atoms with van der Waals surface area (Å²) >= 11 is 0. The van der Waals surface area contributed by atoms with Crippen LogP contribution in [-0.4, -0.2) is 43.5 Å². The minimum Gasteiger partial charge on any atom is -0.486 e. The van der Waals surface area contributed by atoms with Crippen LogP contribution < -0.4 is 14.8 Å².